The van der Waals surface area contributed by atoms with Gasteiger partial charge in [0, 0.05) is 16.7 Å². The largest absolute Gasteiger partial charge is 0.308 e. The molecule has 2 rings (SSSR count). The van der Waals surface area contributed by atoms with Gasteiger partial charge in [0.05, 0.1) is 5.38 Å². The molecule has 5 heteroatoms. The summed E-state index contributed by atoms with van der Waals surface area (Å²) in [5, 5.41) is -0.112. The fourth-order valence-corrected chi connectivity index (χ4v) is 2.74. The van der Waals surface area contributed by atoms with Crippen LogP contribution < -0.4 is 0 Å². The molecule has 0 saturated heterocycles. The maximum Gasteiger partial charge on any atom is 0.160 e. The second-order valence-electron chi connectivity index (χ2n) is 4.42. The number of pyridine rings is 1. The number of aromatic nitrogens is 3. The van der Waals surface area contributed by atoms with Gasteiger partial charge in [-0.2, -0.15) is 0 Å². The predicted molar refractivity (Wildman–Crippen MR) is 79.1 cm³/mol. The lowest BCUT2D eigenvalue weighted by Gasteiger charge is -2.19. The molecule has 0 bridgehead atoms. The molecule has 0 aromatic carbocycles. The summed E-state index contributed by atoms with van der Waals surface area (Å²) >= 11 is 9.68. The molecular formula is C13H17BrClN3. The summed E-state index contributed by atoms with van der Waals surface area (Å²) in [6.45, 7) is 6.32. The van der Waals surface area contributed by atoms with Gasteiger partial charge in [-0.1, -0.05) is 13.8 Å². The third-order valence-electron chi connectivity index (χ3n) is 3.19. The standard InChI is InChI=1S/C13H17BrClN3/c1-4-10(5-2)18-12(8(3)15)17-11-6-9(14)7-16-13(11)18/h6-8,10H,4-5H2,1-3H3. The second kappa shape index (κ2) is 5.57. The van der Waals surface area contributed by atoms with E-state index < -0.39 is 0 Å². The first-order valence-corrected chi connectivity index (χ1v) is 7.48. The Balaban J connectivity index is 2.69. The summed E-state index contributed by atoms with van der Waals surface area (Å²) in [7, 11) is 0. The van der Waals surface area contributed by atoms with Crippen LogP contribution in [0, 0.1) is 0 Å². The highest BCUT2D eigenvalue weighted by Crippen LogP contribution is 2.30. The molecule has 0 radical (unpaired) electrons. The van der Waals surface area contributed by atoms with Gasteiger partial charge >= 0.3 is 0 Å². The number of fused-ring (bicyclic) bond motifs is 1. The van der Waals surface area contributed by atoms with E-state index in [0.29, 0.717) is 6.04 Å². The first-order chi connectivity index (χ1) is 8.58. The Hall–Kier alpha value is -0.610. The highest BCUT2D eigenvalue weighted by molar-refractivity contribution is 9.10. The maximum absolute atomic E-state index is 6.25. The van der Waals surface area contributed by atoms with Crippen LogP contribution >= 0.6 is 27.5 Å². The van der Waals surface area contributed by atoms with Gasteiger partial charge in [0.15, 0.2) is 5.65 Å². The maximum atomic E-state index is 6.25. The summed E-state index contributed by atoms with van der Waals surface area (Å²) < 4.78 is 3.14. The molecule has 2 aromatic heterocycles. The van der Waals surface area contributed by atoms with Gasteiger partial charge in [-0.05, 0) is 41.8 Å². The van der Waals surface area contributed by atoms with Gasteiger partial charge in [-0.15, -0.1) is 11.6 Å². The Bertz CT molecular complexity index is 546. The van der Waals surface area contributed by atoms with Crippen LogP contribution in [0.15, 0.2) is 16.7 Å². The minimum Gasteiger partial charge on any atom is -0.308 e. The van der Waals surface area contributed by atoms with E-state index in [1.807, 2.05) is 19.2 Å². The molecule has 0 aliphatic carbocycles. The third-order valence-corrected chi connectivity index (χ3v) is 3.82. The van der Waals surface area contributed by atoms with Crippen molar-refractivity contribution in [1.29, 1.82) is 0 Å². The van der Waals surface area contributed by atoms with Gasteiger partial charge in [0.25, 0.3) is 0 Å². The van der Waals surface area contributed by atoms with Gasteiger partial charge in [-0.25, -0.2) is 9.97 Å². The van der Waals surface area contributed by atoms with Gasteiger partial charge < -0.3 is 4.57 Å². The van der Waals surface area contributed by atoms with Crippen LogP contribution in [0.2, 0.25) is 0 Å². The Kier molecular flexibility index (Phi) is 4.28. The monoisotopic (exact) mass is 329 g/mol. The zero-order chi connectivity index (χ0) is 13.3. The normalized spacial score (nSPS) is 13.4. The van der Waals surface area contributed by atoms with Crippen molar-refractivity contribution in [2.24, 2.45) is 0 Å². The quantitative estimate of drug-likeness (QED) is 0.750. The first-order valence-electron chi connectivity index (χ1n) is 6.25. The number of nitrogens with zero attached hydrogens (tertiary/aromatic N) is 3. The van der Waals surface area contributed by atoms with E-state index in [4.69, 9.17) is 11.6 Å². The van der Waals surface area contributed by atoms with Crippen molar-refractivity contribution in [3.63, 3.8) is 0 Å². The smallest absolute Gasteiger partial charge is 0.160 e. The van der Waals surface area contributed by atoms with Crippen molar-refractivity contribution in [2.45, 2.75) is 45.0 Å². The fourth-order valence-electron chi connectivity index (χ4n) is 2.27. The summed E-state index contributed by atoms with van der Waals surface area (Å²) in [5.41, 5.74) is 1.83. The third kappa shape index (κ3) is 2.41. The molecule has 2 heterocycles. The molecule has 3 nitrogen and oxygen atoms in total. The summed E-state index contributed by atoms with van der Waals surface area (Å²) in [6.07, 6.45) is 3.91. The van der Waals surface area contributed by atoms with Crippen molar-refractivity contribution in [3.05, 3.63) is 22.6 Å². The average molecular weight is 331 g/mol. The van der Waals surface area contributed by atoms with Gasteiger partial charge in [-0.3, -0.25) is 0 Å². The minimum atomic E-state index is -0.112. The fraction of sp³-hybridized carbons (Fsp3) is 0.538. The van der Waals surface area contributed by atoms with E-state index in [0.717, 1.165) is 34.3 Å². The lowest BCUT2D eigenvalue weighted by molar-refractivity contribution is 0.464. The lowest BCUT2D eigenvalue weighted by Crippen LogP contribution is -2.12. The molecule has 1 unspecified atom stereocenters. The van der Waals surface area contributed by atoms with E-state index >= 15 is 0 Å². The lowest BCUT2D eigenvalue weighted by atomic mass is 10.1. The van der Waals surface area contributed by atoms with Crippen molar-refractivity contribution < 1.29 is 0 Å². The first kappa shape index (κ1) is 13.8. The summed E-state index contributed by atoms with van der Waals surface area (Å²) in [6, 6.07) is 2.39. The van der Waals surface area contributed by atoms with E-state index in [2.05, 4.69) is 44.3 Å². The minimum absolute atomic E-state index is 0.112. The molecule has 0 N–H and O–H groups in total. The molecule has 0 aliphatic heterocycles. The van der Waals surface area contributed by atoms with Crippen molar-refractivity contribution in [3.8, 4) is 0 Å². The van der Waals surface area contributed by atoms with E-state index in [9.17, 15) is 0 Å². The van der Waals surface area contributed by atoms with Gasteiger partial charge in [0.2, 0.25) is 0 Å². The molecule has 98 valence electrons. The Morgan fingerprint density at radius 2 is 2.06 bits per heavy atom. The molecule has 0 fully saturated rings. The molecule has 18 heavy (non-hydrogen) atoms. The van der Waals surface area contributed by atoms with Crippen molar-refractivity contribution in [1.82, 2.24) is 14.5 Å². The Morgan fingerprint density at radius 1 is 1.39 bits per heavy atom. The number of hydrogen-bond donors (Lipinski definition) is 0. The molecule has 1 atom stereocenters. The molecule has 0 saturated carbocycles. The van der Waals surface area contributed by atoms with Crippen LogP contribution in [-0.2, 0) is 0 Å². The highest BCUT2D eigenvalue weighted by atomic mass is 79.9. The zero-order valence-electron chi connectivity index (χ0n) is 10.8. The molecule has 2 aromatic rings. The number of hydrogen-bond acceptors (Lipinski definition) is 2. The summed E-state index contributed by atoms with van der Waals surface area (Å²) in [5.74, 6) is 0.908. The van der Waals surface area contributed by atoms with E-state index in [1.54, 1.807) is 0 Å². The van der Waals surface area contributed by atoms with Crippen molar-refractivity contribution in [2.75, 3.05) is 0 Å². The second-order valence-corrected chi connectivity index (χ2v) is 5.99. The SMILES string of the molecule is CCC(CC)n1c(C(C)Cl)nc2cc(Br)cnc21. The van der Waals surface area contributed by atoms with Crippen LogP contribution in [0.4, 0.5) is 0 Å². The topological polar surface area (TPSA) is 30.7 Å². The van der Waals surface area contributed by atoms with Crippen LogP contribution in [0.3, 0.4) is 0 Å². The van der Waals surface area contributed by atoms with Crippen LogP contribution in [0.1, 0.15) is 50.9 Å². The zero-order valence-corrected chi connectivity index (χ0v) is 13.2. The summed E-state index contributed by atoms with van der Waals surface area (Å²) in [4.78, 5) is 9.12. The number of halogens is 2. The predicted octanol–water partition coefficient (Wildman–Crippen LogP) is 4.85. The number of alkyl halides is 1. The van der Waals surface area contributed by atoms with Crippen LogP contribution in [-0.4, -0.2) is 14.5 Å². The molecular weight excluding hydrogens is 314 g/mol. The van der Waals surface area contributed by atoms with Crippen molar-refractivity contribution >= 4 is 38.7 Å². The molecule has 0 amide bonds. The molecule has 0 aliphatic rings. The van der Waals surface area contributed by atoms with E-state index in [-0.39, 0.29) is 5.38 Å². The van der Waals surface area contributed by atoms with E-state index in [1.165, 1.54) is 0 Å². The van der Waals surface area contributed by atoms with Gasteiger partial charge in [0.1, 0.15) is 11.3 Å². The average Bonchev–Trinajstić information content (AvgIpc) is 2.70. The highest BCUT2D eigenvalue weighted by Gasteiger charge is 2.20. The number of imidazole rings is 1. The van der Waals surface area contributed by atoms with Crippen LogP contribution in [0.25, 0.3) is 11.2 Å². The Labute approximate surface area is 121 Å². The van der Waals surface area contributed by atoms with Crippen LogP contribution in [0.5, 0.6) is 0 Å². The number of rotatable bonds is 4. The Morgan fingerprint density at radius 3 is 2.61 bits per heavy atom. The molecule has 0 spiro atoms.